The van der Waals surface area contributed by atoms with Gasteiger partial charge >= 0.3 is 0 Å². The molecule has 0 aromatic heterocycles. The highest BCUT2D eigenvalue weighted by molar-refractivity contribution is 5.64. The summed E-state index contributed by atoms with van der Waals surface area (Å²) in [4.78, 5) is 13.7. The molecule has 18 heavy (non-hydrogen) atoms. The standard InChI is InChI=1S/C15H22N2O/c1-2-16-15(13-18)8-10-17(11-9-15)12-14-6-4-3-5-7-14/h3-7,13,16H,2,8-12H2,1H3. The maximum absolute atomic E-state index is 11.3. The molecule has 0 atom stereocenters. The first-order chi connectivity index (χ1) is 8.78. The summed E-state index contributed by atoms with van der Waals surface area (Å²) in [5, 5.41) is 3.34. The second-order valence-corrected chi connectivity index (χ2v) is 5.07. The fraction of sp³-hybridized carbons (Fsp3) is 0.533. The first-order valence-corrected chi connectivity index (χ1v) is 6.76. The van der Waals surface area contributed by atoms with E-state index in [-0.39, 0.29) is 5.54 Å². The minimum atomic E-state index is -0.276. The molecule has 1 saturated heterocycles. The summed E-state index contributed by atoms with van der Waals surface area (Å²) in [6.45, 7) is 5.88. The first kappa shape index (κ1) is 13.2. The van der Waals surface area contributed by atoms with Gasteiger partial charge in [0.15, 0.2) is 0 Å². The van der Waals surface area contributed by atoms with Gasteiger partial charge in [-0.3, -0.25) is 4.90 Å². The molecule has 0 unspecified atom stereocenters. The van der Waals surface area contributed by atoms with Gasteiger partial charge in [0.05, 0.1) is 5.54 Å². The summed E-state index contributed by atoms with van der Waals surface area (Å²) >= 11 is 0. The van der Waals surface area contributed by atoms with Crippen molar-refractivity contribution in [2.45, 2.75) is 31.8 Å². The summed E-state index contributed by atoms with van der Waals surface area (Å²) in [5.41, 5.74) is 1.07. The topological polar surface area (TPSA) is 32.3 Å². The number of nitrogens with one attached hydrogen (secondary N) is 1. The third-order valence-electron chi connectivity index (χ3n) is 3.75. The van der Waals surface area contributed by atoms with E-state index in [1.54, 1.807) is 0 Å². The van der Waals surface area contributed by atoms with Gasteiger partial charge in [-0.25, -0.2) is 0 Å². The lowest BCUT2D eigenvalue weighted by molar-refractivity contribution is -0.115. The highest BCUT2D eigenvalue weighted by Gasteiger charge is 2.33. The molecule has 3 nitrogen and oxygen atoms in total. The Balaban J connectivity index is 1.88. The Morgan fingerprint density at radius 1 is 1.28 bits per heavy atom. The van der Waals surface area contributed by atoms with Crippen molar-refractivity contribution >= 4 is 6.29 Å². The van der Waals surface area contributed by atoms with E-state index in [0.717, 1.165) is 45.3 Å². The Morgan fingerprint density at radius 3 is 2.50 bits per heavy atom. The van der Waals surface area contributed by atoms with E-state index < -0.39 is 0 Å². The third kappa shape index (κ3) is 3.18. The zero-order chi connectivity index (χ0) is 12.8. The molecule has 1 aliphatic heterocycles. The Bertz CT molecular complexity index is 369. The van der Waals surface area contributed by atoms with Gasteiger partial charge < -0.3 is 10.1 Å². The van der Waals surface area contributed by atoms with Gasteiger partial charge in [-0.1, -0.05) is 37.3 Å². The smallest absolute Gasteiger partial charge is 0.140 e. The average Bonchev–Trinajstić information content (AvgIpc) is 2.43. The highest BCUT2D eigenvalue weighted by atomic mass is 16.1. The number of likely N-dealkylation sites (tertiary alicyclic amines) is 1. The van der Waals surface area contributed by atoms with Gasteiger partial charge in [0.2, 0.25) is 0 Å². The number of rotatable bonds is 5. The molecule has 0 amide bonds. The van der Waals surface area contributed by atoms with Crippen molar-refractivity contribution in [2.24, 2.45) is 0 Å². The summed E-state index contributed by atoms with van der Waals surface area (Å²) in [7, 11) is 0. The zero-order valence-electron chi connectivity index (χ0n) is 11.1. The van der Waals surface area contributed by atoms with Crippen LogP contribution in [0.3, 0.4) is 0 Å². The minimum absolute atomic E-state index is 0.276. The fourth-order valence-electron chi connectivity index (χ4n) is 2.64. The van der Waals surface area contributed by atoms with Crippen LogP contribution in [0.2, 0.25) is 0 Å². The molecule has 0 radical (unpaired) electrons. The lowest BCUT2D eigenvalue weighted by Gasteiger charge is -2.38. The number of likely N-dealkylation sites (N-methyl/N-ethyl adjacent to an activating group) is 1. The summed E-state index contributed by atoms with van der Waals surface area (Å²) in [6.07, 6.45) is 2.94. The maximum Gasteiger partial charge on any atom is 0.140 e. The Morgan fingerprint density at radius 2 is 1.94 bits per heavy atom. The van der Waals surface area contributed by atoms with Crippen LogP contribution in [-0.2, 0) is 11.3 Å². The van der Waals surface area contributed by atoms with Gasteiger partial charge in [-0.15, -0.1) is 0 Å². The van der Waals surface area contributed by atoms with E-state index in [1.165, 1.54) is 5.56 Å². The van der Waals surface area contributed by atoms with Crippen LogP contribution in [-0.4, -0.2) is 36.4 Å². The normalized spacial score (nSPS) is 19.6. The molecule has 1 aromatic carbocycles. The Kier molecular flexibility index (Phi) is 4.50. The molecule has 0 bridgehead atoms. The molecule has 2 rings (SSSR count). The van der Waals surface area contributed by atoms with Crippen LogP contribution in [0.1, 0.15) is 25.3 Å². The van der Waals surface area contributed by atoms with E-state index in [0.29, 0.717) is 0 Å². The number of nitrogens with zero attached hydrogens (tertiary/aromatic N) is 1. The zero-order valence-corrected chi connectivity index (χ0v) is 11.1. The molecular formula is C15H22N2O. The molecule has 1 fully saturated rings. The van der Waals surface area contributed by atoms with E-state index in [2.05, 4.69) is 41.4 Å². The quantitative estimate of drug-likeness (QED) is 0.805. The van der Waals surface area contributed by atoms with Crippen molar-refractivity contribution in [3.8, 4) is 0 Å². The van der Waals surface area contributed by atoms with Crippen LogP contribution in [0.4, 0.5) is 0 Å². The van der Waals surface area contributed by atoms with Crippen LogP contribution in [0.5, 0.6) is 0 Å². The molecule has 1 aromatic rings. The Hall–Kier alpha value is -1.19. The molecular weight excluding hydrogens is 224 g/mol. The molecule has 0 saturated carbocycles. The number of aldehydes is 1. The van der Waals surface area contributed by atoms with Crippen molar-refractivity contribution in [3.63, 3.8) is 0 Å². The molecule has 1 N–H and O–H groups in total. The summed E-state index contributed by atoms with van der Waals surface area (Å²) in [5.74, 6) is 0. The first-order valence-electron chi connectivity index (χ1n) is 6.76. The second kappa shape index (κ2) is 6.12. The monoisotopic (exact) mass is 246 g/mol. The van der Waals surface area contributed by atoms with Gasteiger partial charge in [0, 0.05) is 19.6 Å². The van der Waals surface area contributed by atoms with Crippen LogP contribution in [0.15, 0.2) is 30.3 Å². The number of carbonyl (C=O) groups is 1. The number of carbonyl (C=O) groups excluding carboxylic acids is 1. The van der Waals surface area contributed by atoms with Crippen LogP contribution in [0.25, 0.3) is 0 Å². The summed E-state index contributed by atoms with van der Waals surface area (Å²) < 4.78 is 0. The molecule has 1 heterocycles. The average molecular weight is 246 g/mol. The van der Waals surface area contributed by atoms with Crippen molar-refractivity contribution in [1.29, 1.82) is 0 Å². The molecule has 98 valence electrons. The number of hydrogen-bond acceptors (Lipinski definition) is 3. The third-order valence-corrected chi connectivity index (χ3v) is 3.75. The lowest BCUT2D eigenvalue weighted by Crippen LogP contribution is -2.54. The van der Waals surface area contributed by atoms with Crippen molar-refractivity contribution < 1.29 is 4.79 Å². The number of piperidine rings is 1. The van der Waals surface area contributed by atoms with Crippen molar-refractivity contribution in [3.05, 3.63) is 35.9 Å². The SMILES string of the molecule is CCNC1(C=O)CCN(Cc2ccccc2)CC1. The van der Waals surface area contributed by atoms with E-state index in [1.807, 2.05) is 6.07 Å². The molecule has 0 spiro atoms. The lowest BCUT2D eigenvalue weighted by atomic mass is 9.89. The van der Waals surface area contributed by atoms with E-state index in [9.17, 15) is 4.79 Å². The Labute approximate surface area is 109 Å². The molecule has 1 aliphatic rings. The van der Waals surface area contributed by atoms with Crippen LogP contribution in [0, 0.1) is 0 Å². The second-order valence-electron chi connectivity index (χ2n) is 5.07. The van der Waals surface area contributed by atoms with E-state index in [4.69, 9.17) is 0 Å². The van der Waals surface area contributed by atoms with Crippen molar-refractivity contribution in [2.75, 3.05) is 19.6 Å². The predicted octanol–water partition coefficient (Wildman–Crippen LogP) is 1.83. The highest BCUT2D eigenvalue weighted by Crippen LogP contribution is 2.21. The van der Waals surface area contributed by atoms with Gasteiger partial charge in [-0.05, 0) is 24.9 Å². The maximum atomic E-state index is 11.3. The van der Waals surface area contributed by atoms with Gasteiger partial charge in [0.25, 0.3) is 0 Å². The number of benzene rings is 1. The summed E-state index contributed by atoms with van der Waals surface area (Å²) in [6, 6.07) is 10.5. The molecule has 3 heteroatoms. The molecule has 0 aliphatic carbocycles. The predicted molar refractivity (Wildman–Crippen MR) is 73.4 cm³/mol. The van der Waals surface area contributed by atoms with Crippen LogP contribution < -0.4 is 5.32 Å². The largest absolute Gasteiger partial charge is 0.305 e. The van der Waals surface area contributed by atoms with Crippen molar-refractivity contribution in [1.82, 2.24) is 10.2 Å². The fourth-order valence-corrected chi connectivity index (χ4v) is 2.64. The van der Waals surface area contributed by atoms with Gasteiger partial charge in [-0.2, -0.15) is 0 Å². The minimum Gasteiger partial charge on any atom is -0.305 e. The van der Waals surface area contributed by atoms with Gasteiger partial charge in [0.1, 0.15) is 6.29 Å². The van der Waals surface area contributed by atoms with Crippen LogP contribution >= 0.6 is 0 Å². The van der Waals surface area contributed by atoms with E-state index >= 15 is 0 Å². The number of hydrogen-bond donors (Lipinski definition) is 1.